The normalized spacial score (nSPS) is 24.9. The average Bonchev–Trinajstić information content (AvgIpc) is 3.23. The summed E-state index contributed by atoms with van der Waals surface area (Å²) < 4.78 is 10.1. The van der Waals surface area contributed by atoms with E-state index in [1.807, 2.05) is 0 Å². The molecular weight excluding hydrogens is 463 g/mol. The number of rotatable bonds is 5. The molecule has 2 aliphatic heterocycles. The molecule has 0 aliphatic carbocycles. The summed E-state index contributed by atoms with van der Waals surface area (Å²) >= 11 is 12.1. The standard InChI is InChI=1S/C22H12Cl2O8/c23-11-7-3-1-5-9(11)15(25)13-17(27)21(29)31-19(13)20-14(18(28)22(30)32-20)16(26)10-6-2-4-8-12(10)24/h1-8,13-14,19-20H/t13-,14+,19-,20-/m0/s1. The van der Waals surface area contributed by atoms with Gasteiger partial charge in [-0.3, -0.25) is 19.2 Å². The highest BCUT2D eigenvalue weighted by atomic mass is 35.5. The van der Waals surface area contributed by atoms with Crippen LogP contribution >= 0.6 is 23.2 Å². The van der Waals surface area contributed by atoms with Crippen LogP contribution in [0.1, 0.15) is 20.7 Å². The monoisotopic (exact) mass is 474 g/mol. The molecule has 2 aromatic rings. The fourth-order valence-electron chi connectivity index (χ4n) is 3.76. The summed E-state index contributed by atoms with van der Waals surface area (Å²) in [7, 11) is 0. The molecule has 4 atom stereocenters. The first kappa shape index (κ1) is 21.9. The van der Waals surface area contributed by atoms with Crippen LogP contribution < -0.4 is 0 Å². The predicted molar refractivity (Wildman–Crippen MR) is 108 cm³/mol. The topological polar surface area (TPSA) is 121 Å². The minimum atomic E-state index is -1.76. The highest BCUT2D eigenvalue weighted by Gasteiger charge is 2.60. The van der Waals surface area contributed by atoms with Crippen molar-refractivity contribution < 1.29 is 38.2 Å². The molecule has 0 aromatic heterocycles. The third kappa shape index (κ3) is 3.51. The number of carbonyl (C=O) groups is 6. The Labute approximate surface area is 190 Å². The Balaban J connectivity index is 1.75. The number of hydrogen-bond donors (Lipinski definition) is 0. The highest BCUT2D eigenvalue weighted by Crippen LogP contribution is 2.36. The Morgan fingerprint density at radius 2 is 0.969 bits per heavy atom. The summed E-state index contributed by atoms with van der Waals surface area (Å²) in [6.07, 6.45) is -3.38. The van der Waals surface area contributed by atoms with E-state index in [-0.39, 0.29) is 21.2 Å². The van der Waals surface area contributed by atoms with E-state index in [1.54, 1.807) is 12.1 Å². The van der Waals surface area contributed by atoms with E-state index in [2.05, 4.69) is 0 Å². The second-order valence-corrected chi connectivity index (χ2v) is 7.93. The van der Waals surface area contributed by atoms with Gasteiger partial charge in [-0.1, -0.05) is 47.5 Å². The quantitative estimate of drug-likeness (QED) is 0.280. The zero-order chi connectivity index (χ0) is 23.2. The number of carbonyl (C=O) groups excluding carboxylic acids is 6. The fourth-order valence-corrected chi connectivity index (χ4v) is 4.22. The van der Waals surface area contributed by atoms with E-state index >= 15 is 0 Å². The van der Waals surface area contributed by atoms with Crippen molar-refractivity contribution in [2.45, 2.75) is 12.2 Å². The average molecular weight is 475 g/mol. The Kier molecular flexibility index (Phi) is 5.66. The SMILES string of the molecule is O=C1O[C@H]([C@H]2OC(=O)C(=O)[C@H]2C(=O)c2ccccc2Cl)[C@@H](C(=O)c2ccccc2Cl)C1=O. The van der Waals surface area contributed by atoms with Gasteiger partial charge in [-0.2, -0.15) is 0 Å². The number of ether oxygens (including phenoxy) is 2. The van der Waals surface area contributed by atoms with Crippen LogP contribution in [0.5, 0.6) is 0 Å². The van der Waals surface area contributed by atoms with Crippen LogP contribution in [-0.4, -0.2) is 47.3 Å². The van der Waals surface area contributed by atoms with Gasteiger partial charge < -0.3 is 9.47 Å². The Morgan fingerprint density at radius 3 is 1.31 bits per heavy atom. The van der Waals surface area contributed by atoms with Gasteiger partial charge >= 0.3 is 11.9 Å². The van der Waals surface area contributed by atoms with Crippen molar-refractivity contribution in [1.29, 1.82) is 0 Å². The molecule has 0 amide bonds. The van der Waals surface area contributed by atoms with Crippen LogP contribution in [-0.2, 0) is 28.7 Å². The van der Waals surface area contributed by atoms with Gasteiger partial charge in [0, 0.05) is 11.1 Å². The summed E-state index contributed by atoms with van der Waals surface area (Å²) in [5, 5.41) is 0.0400. The zero-order valence-corrected chi connectivity index (χ0v) is 17.5. The first-order valence-electron chi connectivity index (χ1n) is 9.29. The number of Topliss-reactive ketones (excluding diaryl/α,β-unsaturated/α-hetero) is 4. The smallest absolute Gasteiger partial charge is 0.376 e. The first-order valence-corrected chi connectivity index (χ1v) is 10.0. The molecule has 2 aromatic carbocycles. The van der Waals surface area contributed by atoms with Crippen molar-refractivity contribution in [2.75, 3.05) is 0 Å². The minimum Gasteiger partial charge on any atom is -0.451 e. The summed E-state index contributed by atoms with van der Waals surface area (Å²) in [6, 6.07) is 11.6. The van der Waals surface area contributed by atoms with E-state index in [0.717, 1.165) is 0 Å². The number of esters is 2. The molecule has 10 heteroatoms. The molecule has 0 bridgehead atoms. The molecule has 162 valence electrons. The van der Waals surface area contributed by atoms with Crippen LogP contribution in [0, 0.1) is 11.8 Å². The van der Waals surface area contributed by atoms with Gasteiger partial charge in [0.2, 0.25) is 0 Å². The molecule has 0 unspecified atom stereocenters. The molecule has 2 fully saturated rings. The van der Waals surface area contributed by atoms with E-state index in [4.69, 9.17) is 32.7 Å². The maximum absolute atomic E-state index is 13.1. The van der Waals surface area contributed by atoms with Crippen LogP contribution in [0.4, 0.5) is 0 Å². The minimum absolute atomic E-state index is 0.0200. The van der Waals surface area contributed by atoms with Crippen molar-refractivity contribution in [3.8, 4) is 0 Å². The first-order chi connectivity index (χ1) is 15.2. The number of halogens is 2. The third-order valence-corrected chi connectivity index (χ3v) is 5.94. The van der Waals surface area contributed by atoms with Crippen molar-refractivity contribution in [3.05, 3.63) is 69.7 Å². The number of ketones is 4. The molecule has 0 N–H and O–H groups in total. The van der Waals surface area contributed by atoms with Gasteiger partial charge in [-0.25, -0.2) is 9.59 Å². The van der Waals surface area contributed by atoms with Crippen molar-refractivity contribution in [3.63, 3.8) is 0 Å². The summed E-state index contributed by atoms with van der Waals surface area (Å²) in [4.78, 5) is 75.3. The van der Waals surface area contributed by atoms with Crippen molar-refractivity contribution in [1.82, 2.24) is 0 Å². The van der Waals surface area contributed by atoms with Gasteiger partial charge in [0.05, 0.1) is 10.0 Å². The number of cyclic esters (lactones) is 2. The van der Waals surface area contributed by atoms with Gasteiger partial charge in [-0.05, 0) is 24.3 Å². The van der Waals surface area contributed by atoms with E-state index < -0.39 is 59.1 Å². The van der Waals surface area contributed by atoms with Crippen molar-refractivity contribution >= 4 is 58.3 Å². The summed E-state index contributed by atoms with van der Waals surface area (Å²) in [5.74, 6) is -10.3. The van der Waals surface area contributed by atoms with Gasteiger partial charge in [0.15, 0.2) is 23.8 Å². The Morgan fingerprint density at radius 1 is 0.625 bits per heavy atom. The van der Waals surface area contributed by atoms with Gasteiger partial charge in [0.1, 0.15) is 11.8 Å². The second-order valence-electron chi connectivity index (χ2n) is 7.11. The van der Waals surface area contributed by atoms with Crippen molar-refractivity contribution in [2.24, 2.45) is 11.8 Å². The molecule has 0 spiro atoms. The van der Waals surface area contributed by atoms with Gasteiger partial charge in [0.25, 0.3) is 11.6 Å². The zero-order valence-electron chi connectivity index (χ0n) is 16.0. The molecular formula is C22H12Cl2O8. The molecule has 0 saturated carbocycles. The largest absolute Gasteiger partial charge is 0.451 e. The lowest BCUT2D eigenvalue weighted by Gasteiger charge is -2.24. The highest BCUT2D eigenvalue weighted by molar-refractivity contribution is 6.45. The maximum atomic E-state index is 13.1. The molecule has 32 heavy (non-hydrogen) atoms. The van der Waals surface area contributed by atoms with Gasteiger partial charge in [-0.15, -0.1) is 0 Å². The van der Waals surface area contributed by atoms with E-state index in [9.17, 15) is 28.8 Å². The molecule has 2 aliphatic rings. The Hall–Kier alpha value is -3.36. The molecule has 8 nitrogen and oxygen atoms in total. The predicted octanol–water partition coefficient (Wildman–Crippen LogP) is 2.28. The lowest BCUT2D eigenvalue weighted by Crippen LogP contribution is -2.44. The summed E-state index contributed by atoms with van der Waals surface area (Å²) in [6.45, 7) is 0. The van der Waals surface area contributed by atoms with E-state index in [1.165, 1.54) is 36.4 Å². The van der Waals surface area contributed by atoms with Crippen LogP contribution in [0.15, 0.2) is 48.5 Å². The lowest BCUT2D eigenvalue weighted by molar-refractivity contribution is -0.157. The Bertz CT molecular complexity index is 1110. The number of hydrogen-bond acceptors (Lipinski definition) is 8. The summed E-state index contributed by atoms with van der Waals surface area (Å²) in [5.41, 5.74) is -0.138. The number of benzene rings is 2. The lowest BCUT2D eigenvalue weighted by atomic mass is 9.81. The van der Waals surface area contributed by atoms with E-state index in [0.29, 0.717) is 0 Å². The maximum Gasteiger partial charge on any atom is 0.376 e. The third-order valence-electron chi connectivity index (χ3n) is 5.28. The van der Waals surface area contributed by atoms with Crippen LogP contribution in [0.3, 0.4) is 0 Å². The fraction of sp³-hybridized carbons (Fsp3) is 0.182. The van der Waals surface area contributed by atoms with Crippen LogP contribution in [0.25, 0.3) is 0 Å². The molecule has 2 saturated heterocycles. The second kappa shape index (κ2) is 8.29. The molecule has 4 rings (SSSR count). The molecule has 2 heterocycles. The van der Waals surface area contributed by atoms with Crippen LogP contribution in [0.2, 0.25) is 10.0 Å². The molecule has 0 radical (unpaired) electrons.